The highest BCUT2D eigenvalue weighted by Gasteiger charge is 2.22. The molecule has 2 aromatic rings. The van der Waals surface area contributed by atoms with Gasteiger partial charge in [-0.1, -0.05) is 0 Å². The Morgan fingerprint density at radius 1 is 1.28 bits per heavy atom. The van der Waals surface area contributed by atoms with Crippen molar-refractivity contribution in [1.82, 2.24) is 14.9 Å². The maximum absolute atomic E-state index is 4.48. The van der Waals surface area contributed by atoms with Crippen LogP contribution in [0.1, 0.15) is 12.8 Å². The zero-order chi connectivity index (χ0) is 12.5. The third-order valence-electron chi connectivity index (χ3n) is 3.72. The summed E-state index contributed by atoms with van der Waals surface area (Å²) in [7, 11) is 4.34. The maximum Gasteiger partial charge on any atom is 0.150 e. The van der Waals surface area contributed by atoms with Gasteiger partial charge in [-0.15, -0.1) is 11.3 Å². The van der Waals surface area contributed by atoms with E-state index in [0.29, 0.717) is 6.04 Å². The van der Waals surface area contributed by atoms with E-state index in [0.717, 1.165) is 24.4 Å². The first kappa shape index (κ1) is 11.9. The van der Waals surface area contributed by atoms with Crippen LogP contribution in [0.25, 0.3) is 10.2 Å². The second-order valence-corrected chi connectivity index (χ2v) is 5.93. The van der Waals surface area contributed by atoms with Crippen LogP contribution in [-0.2, 0) is 0 Å². The van der Waals surface area contributed by atoms with Crippen LogP contribution < -0.4 is 4.90 Å². The third-order valence-corrected chi connectivity index (χ3v) is 4.62. The lowest BCUT2D eigenvalue weighted by atomic mass is 10.0. The molecule has 1 aliphatic heterocycles. The lowest BCUT2D eigenvalue weighted by Crippen LogP contribution is -2.42. The summed E-state index contributed by atoms with van der Waals surface area (Å²) in [5.74, 6) is 1.12. The summed E-state index contributed by atoms with van der Waals surface area (Å²) in [6.07, 6.45) is 4.11. The number of hydrogen-bond acceptors (Lipinski definition) is 5. The van der Waals surface area contributed by atoms with Crippen molar-refractivity contribution >= 4 is 27.4 Å². The van der Waals surface area contributed by atoms with Crippen LogP contribution in [0.2, 0.25) is 0 Å². The van der Waals surface area contributed by atoms with Gasteiger partial charge in [-0.3, -0.25) is 0 Å². The van der Waals surface area contributed by atoms with Crippen LogP contribution >= 0.6 is 11.3 Å². The van der Waals surface area contributed by atoms with E-state index in [1.165, 1.54) is 17.5 Å². The van der Waals surface area contributed by atoms with Gasteiger partial charge < -0.3 is 9.80 Å². The summed E-state index contributed by atoms with van der Waals surface area (Å²) in [6.45, 7) is 2.18. The Bertz CT molecular complexity index is 529. The summed E-state index contributed by atoms with van der Waals surface area (Å²) in [4.78, 5) is 13.5. The van der Waals surface area contributed by atoms with Crippen LogP contribution in [0.3, 0.4) is 0 Å². The van der Waals surface area contributed by atoms with Gasteiger partial charge in [-0.25, -0.2) is 9.97 Å². The first-order chi connectivity index (χ1) is 8.75. The predicted octanol–water partition coefficient (Wildman–Crippen LogP) is 2.22. The molecule has 4 nitrogen and oxygen atoms in total. The zero-order valence-corrected chi connectivity index (χ0v) is 11.7. The number of hydrogen-bond donors (Lipinski definition) is 0. The normalized spacial score (nSPS) is 17.8. The Balaban J connectivity index is 1.82. The van der Waals surface area contributed by atoms with Gasteiger partial charge in [-0.2, -0.15) is 0 Å². The average molecular weight is 262 g/mol. The Hall–Kier alpha value is -1.20. The number of anilines is 1. The third kappa shape index (κ3) is 2.08. The molecular weight excluding hydrogens is 244 g/mol. The van der Waals surface area contributed by atoms with E-state index in [1.807, 2.05) is 0 Å². The Labute approximate surface area is 111 Å². The quantitative estimate of drug-likeness (QED) is 0.830. The lowest BCUT2D eigenvalue weighted by molar-refractivity contribution is 0.249. The summed E-state index contributed by atoms with van der Waals surface area (Å²) in [5.41, 5.74) is 1.07. The van der Waals surface area contributed by atoms with Crippen molar-refractivity contribution in [2.24, 2.45) is 0 Å². The van der Waals surface area contributed by atoms with E-state index in [2.05, 4.69) is 45.3 Å². The van der Waals surface area contributed by atoms with E-state index in [9.17, 15) is 0 Å². The number of piperidine rings is 1. The first-order valence-electron chi connectivity index (χ1n) is 6.35. The number of nitrogens with zero attached hydrogens (tertiary/aromatic N) is 4. The van der Waals surface area contributed by atoms with Crippen molar-refractivity contribution in [3.05, 3.63) is 17.8 Å². The van der Waals surface area contributed by atoms with Crippen molar-refractivity contribution in [2.75, 3.05) is 32.1 Å². The summed E-state index contributed by atoms with van der Waals surface area (Å²) >= 11 is 1.74. The Kier molecular flexibility index (Phi) is 3.18. The molecule has 2 aromatic heterocycles. The van der Waals surface area contributed by atoms with Crippen LogP contribution in [0.15, 0.2) is 17.8 Å². The number of rotatable bonds is 2. The molecule has 3 heterocycles. The number of fused-ring (bicyclic) bond motifs is 1. The number of aromatic nitrogens is 2. The molecule has 18 heavy (non-hydrogen) atoms. The highest BCUT2D eigenvalue weighted by atomic mass is 32.1. The molecule has 96 valence electrons. The molecule has 0 aliphatic carbocycles. The summed E-state index contributed by atoms with van der Waals surface area (Å²) < 4.78 is 1.22. The first-order valence-corrected chi connectivity index (χ1v) is 7.23. The molecular formula is C13H18N4S. The molecule has 0 atom stereocenters. The molecule has 1 saturated heterocycles. The fourth-order valence-corrected chi connectivity index (χ4v) is 3.46. The van der Waals surface area contributed by atoms with Gasteiger partial charge in [0.2, 0.25) is 0 Å². The monoisotopic (exact) mass is 262 g/mol. The topological polar surface area (TPSA) is 32.3 Å². The number of thiophene rings is 1. The van der Waals surface area contributed by atoms with Gasteiger partial charge in [0.25, 0.3) is 0 Å². The maximum atomic E-state index is 4.48. The van der Waals surface area contributed by atoms with Gasteiger partial charge in [0.15, 0.2) is 0 Å². The average Bonchev–Trinajstić information content (AvgIpc) is 2.87. The van der Waals surface area contributed by atoms with E-state index >= 15 is 0 Å². The highest BCUT2D eigenvalue weighted by Crippen LogP contribution is 2.29. The molecule has 0 bridgehead atoms. The minimum absolute atomic E-state index is 0.710. The highest BCUT2D eigenvalue weighted by molar-refractivity contribution is 7.17. The summed E-state index contributed by atoms with van der Waals surface area (Å²) in [5, 5.41) is 2.09. The van der Waals surface area contributed by atoms with E-state index in [1.54, 1.807) is 17.7 Å². The van der Waals surface area contributed by atoms with Gasteiger partial charge >= 0.3 is 0 Å². The van der Waals surface area contributed by atoms with Crippen molar-refractivity contribution in [3.8, 4) is 0 Å². The SMILES string of the molecule is CN(C)C1CCN(c2ncnc3ccsc23)CC1. The summed E-state index contributed by atoms with van der Waals surface area (Å²) in [6, 6.07) is 2.78. The fraction of sp³-hybridized carbons (Fsp3) is 0.538. The molecule has 0 aromatic carbocycles. The van der Waals surface area contributed by atoms with Gasteiger partial charge in [0, 0.05) is 19.1 Å². The second-order valence-electron chi connectivity index (χ2n) is 5.01. The lowest BCUT2D eigenvalue weighted by Gasteiger charge is -2.35. The van der Waals surface area contributed by atoms with Crippen LogP contribution in [0.4, 0.5) is 5.82 Å². The van der Waals surface area contributed by atoms with Crippen LogP contribution in [-0.4, -0.2) is 48.1 Å². The van der Waals surface area contributed by atoms with Crippen molar-refractivity contribution < 1.29 is 0 Å². The molecule has 0 unspecified atom stereocenters. The van der Waals surface area contributed by atoms with Gasteiger partial charge in [0.05, 0.1) is 10.2 Å². The second kappa shape index (κ2) is 4.82. The smallest absolute Gasteiger partial charge is 0.150 e. The van der Waals surface area contributed by atoms with E-state index in [-0.39, 0.29) is 0 Å². The molecule has 0 radical (unpaired) electrons. The fourth-order valence-electron chi connectivity index (χ4n) is 2.60. The molecule has 0 saturated carbocycles. The van der Waals surface area contributed by atoms with Gasteiger partial charge in [-0.05, 0) is 38.4 Å². The van der Waals surface area contributed by atoms with E-state index < -0.39 is 0 Å². The van der Waals surface area contributed by atoms with Crippen LogP contribution in [0, 0.1) is 0 Å². The molecule has 0 spiro atoms. The van der Waals surface area contributed by atoms with Gasteiger partial charge in [0.1, 0.15) is 12.1 Å². The largest absolute Gasteiger partial charge is 0.355 e. The zero-order valence-electron chi connectivity index (χ0n) is 10.8. The van der Waals surface area contributed by atoms with Crippen LogP contribution in [0.5, 0.6) is 0 Å². The molecule has 0 N–H and O–H groups in total. The minimum Gasteiger partial charge on any atom is -0.355 e. The minimum atomic E-state index is 0.710. The molecule has 3 rings (SSSR count). The molecule has 0 amide bonds. The van der Waals surface area contributed by atoms with Crippen molar-refractivity contribution in [2.45, 2.75) is 18.9 Å². The molecule has 5 heteroatoms. The standard InChI is InChI=1S/C13H18N4S/c1-16(2)10-3-6-17(7-4-10)13-12-11(5-8-18-12)14-9-15-13/h5,8-10H,3-4,6-7H2,1-2H3. The molecule has 1 aliphatic rings. The Morgan fingerprint density at radius 3 is 2.78 bits per heavy atom. The van der Waals surface area contributed by atoms with E-state index in [4.69, 9.17) is 0 Å². The molecule has 1 fully saturated rings. The van der Waals surface area contributed by atoms with Crippen molar-refractivity contribution in [1.29, 1.82) is 0 Å². The Morgan fingerprint density at radius 2 is 2.06 bits per heavy atom. The predicted molar refractivity (Wildman–Crippen MR) is 76.3 cm³/mol. The van der Waals surface area contributed by atoms with Crippen molar-refractivity contribution in [3.63, 3.8) is 0 Å².